The molecule has 0 spiro atoms. The van der Waals surface area contributed by atoms with Gasteiger partial charge in [-0.25, -0.2) is 4.98 Å². The van der Waals surface area contributed by atoms with Gasteiger partial charge < -0.3 is 5.32 Å². The van der Waals surface area contributed by atoms with Crippen LogP contribution in [-0.4, -0.2) is 4.98 Å². The molecule has 0 atom stereocenters. The van der Waals surface area contributed by atoms with E-state index < -0.39 is 0 Å². The molecular formula is C13H6BrCl3N2S. The van der Waals surface area contributed by atoms with Crippen LogP contribution >= 0.6 is 62.1 Å². The SMILES string of the molecule is Clc1ccc2nc(Nc3c(Cl)cc(Br)cc3Cl)sc2c1. The summed E-state index contributed by atoms with van der Waals surface area (Å²) >= 11 is 23.2. The van der Waals surface area contributed by atoms with Crippen molar-refractivity contribution in [1.82, 2.24) is 4.98 Å². The molecular weight excluding hydrogens is 402 g/mol. The van der Waals surface area contributed by atoms with Crippen molar-refractivity contribution in [3.63, 3.8) is 0 Å². The first-order chi connectivity index (χ1) is 9.52. The number of nitrogens with zero attached hydrogens (tertiary/aromatic N) is 1. The van der Waals surface area contributed by atoms with Gasteiger partial charge in [-0.2, -0.15) is 0 Å². The molecule has 0 aliphatic heterocycles. The smallest absolute Gasteiger partial charge is 0.188 e. The number of hydrogen-bond donors (Lipinski definition) is 1. The van der Waals surface area contributed by atoms with Crippen LogP contribution in [0, 0.1) is 0 Å². The van der Waals surface area contributed by atoms with Gasteiger partial charge in [0, 0.05) is 9.50 Å². The Morgan fingerprint density at radius 1 is 1.05 bits per heavy atom. The number of nitrogens with one attached hydrogen (secondary N) is 1. The maximum absolute atomic E-state index is 6.19. The molecule has 0 saturated heterocycles. The summed E-state index contributed by atoms with van der Waals surface area (Å²) in [7, 11) is 0. The molecule has 0 unspecified atom stereocenters. The lowest BCUT2D eigenvalue weighted by Crippen LogP contribution is -1.91. The standard InChI is InChI=1S/C13H6BrCl3N2S/c14-6-3-8(16)12(9(17)4-6)19-13-18-10-2-1-7(15)5-11(10)20-13/h1-5H,(H,18,19). The highest BCUT2D eigenvalue weighted by Crippen LogP contribution is 2.38. The Kier molecular flexibility index (Phi) is 4.11. The van der Waals surface area contributed by atoms with E-state index in [0.717, 1.165) is 14.7 Å². The maximum atomic E-state index is 6.19. The third kappa shape index (κ3) is 2.90. The van der Waals surface area contributed by atoms with Crippen LogP contribution in [0.3, 0.4) is 0 Å². The summed E-state index contributed by atoms with van der Waals surface area (Å²) in [5.41, 5.74) is 1.52. The number of benzene rings is 2. The first-order valence-corrected chi connectivity index (χ1v) is 8.25. The molecule has 2 nitrogen and oxygen atoms in total. The minimum Gasteiger partial charge on any atom is -0.329 e. The zero-order valence-electron chi connectivity index (χ0n) is 9.75. The number of hydrogen-bond acceptors (Lipinski definition) is 3. The van der Waals surface area contributed by atoms with Crippen LogP contribution in [0.15, 0.2) is 34.8 Å². The first kappa shape index (κ1) is 14.4. The second-order valence-electron chi connectivity index (χ2n) is 4.00. The summed E-state index contributed by atoms with van der Waals surface area (Å²) in [5, 5.41) is 5.62. The quantitative estimate of drug-likeness (QED) is 0.506. The molecule has 3 aromatic rings. The number of halogens is 4. The van der Waals surface area contributed by atoms with E-state index in [1.165, 1.54) is 11.3 Å². The van der Waals surface area contributed by atoms with Crippen molar-refractivity contribution in [2.75, 3.05) is 5.32 Å². The lowest BCUT2D eigenvalue weighted by atomic mass is 10.3. The lowest BCUT2D eigenvalue weighted by Gasteiger charge is -2.08. The zero-order valence-corrected chi connectivity index (χ0v) is 14.4. The van der Waals surface area contributed by atoms with Gasteiger partial charge in [0.2, 0.25) is 0 Å². The van der Waals surface area contributed by atoms with E-state index in [0.29, 0.717) is 25.9 Å². The van der Waals surface area contributed by atoms with Gasteiger partial charge in [-0.3, -0.25) is 0 Å². The number of thiazole rings is 1. The number of anilines is 2. The largest absolute Gasteiger partial charge is 0.329 e. The Balaban J connectivity index is 2.01. The average molecular weight is 409 g/mol. The van der Waals surface area contributed by atoms with Crippen molar-refractivity contribution in [3.05, 3.63) is 49.9 Å². The van der Waals surface area contributed by atoms with Gasteiger partial charge in [-0.15, -0.1) is 0 Å². The molecule has 0 aliphatic rings. The highest BCUT2D eigenvalue weighted by Gasteiger charge is 2.11. The predicted molar refractivity (Wildman–Crippen MR) is 92.1 cm³/mol. The summed E-state index contributed by atoms with van der Waals surface area (Å²) in [6.45, 7) is 0. The Morgan fingerprint density at radius 2 is 1.75 bits per heavy atom. The third-order valence-corrected chi connectivity index (χ3v) is 4.81. The molecule has 0 bridgehead atoms. The molecule has 0 saturated carbocycles. The molecule has 7 heteroatoms. The van der Waals surface area contributed by atoms with Crippen LogP contribution in [0.5, 0.6) is 0 Å². The van der Waals surface area contributed by atoms with Crippen molar-refractivity contribution in [3.8, 4) is 0 Å². The van der Waals surface area contributed by atoms with Gasteiger partial charge in [0.1, 0.15) is 0 Å². The maximum Gasteiger partial charge on any atom is 0.188 e. The molecule has 0 amide bonds. The number of fused-ring (bicyclic) bond motifs is 1. The monoisotopic (exact) mass is 406 g/mol. The summed E-state index contributed by atoms with van der Waals surface area (Å²) in [6.07, 6.45) is 0. The van der Waals surface area contributed by atoms with E-state index in [4.69, 9.17) is 34.8 Å². The lowest BCUT2D eigenvalue weighted by molar-refractivity contribution is 1.44. The van der Waals surface area contributed by atoms with E-state index in [1.807, 2.05) is 18.2 Å². The van der Waals surface area contributed by atoms with Crippen molar-refractivity contribution < 1.29 is 0 Å². The minimum absolute atomic E-state index is 0.529. The van der Waals surface area contributed by atoms with E-state index in [-0.39, 0.29) is 0 Å². The fourth-order valence-electron chi connectivity index (χ4n) is 1.72. The van der Waals surface area contributed by atoms with Gasteiger partial charge in [-0.1, -0.05) is 62.1 Å². The Hall–Kier alpha value is -0.520. The Morgan fingerprint density at radius 3 is 2.45 bits per heavy atom. The molecule has 20 heavy (non-hydrogen) atoms. The van der Waals surface area contributed by atoms with Crippen molar-refractivity contribution in [2.24, 2.45) is 0 Å². The minimum atomic E-state index is 0.529. The Labute approximate surface area is 142 Å². The van der Waals surface area contributed by atoms with Crippen LogP contribution < -0.4 is 5.32 Å². The normalized spacial score (nSPS) is 11.0. The van der Waals surface area contributed by atoms with Crippen molar-refractivity contribution in [1.29, 1.82) is 0 Å². The van der Waals surface area contributed by atoms with Gasteiger partial charge in [-0.05, 0) is 30.3 Å². The summed E-state index contributed by atoms with van der Waals surface area (Å²) in [6, 6.07) is 9.13. The second-order valence-corrected chi connectivity index (χ2v) is 7.20. The van der Waals surface area contributed by atoms with Gasteiger partial charge >= 0.3 is 0 Å². The number of rotatable bonds is 2. The van der Waals surface area contributed by atoms with E-state index >= 15 is 0 Å². The molecule has 1 N–H and O–H groups in total. The van der Waals surface area contributed by atoms with Gasteiger partial charge in [0.15, 0.2) is 5.13 Å². The first-order valence-electron chi connectivity index (χ1n) is 5.50. The Bertz CT molecular complexity index is 780. The fourth-order valence-corrected chi connectivity index (χ4v) is 4.17. The van der Waals surface area contributed by atoms with Crippen LogP contribution in [0.25, 0.3) is 10.2 Å². The molecule has 102 valence electrons. The molecule has 0 fully saturated rings. The molecule has 1 aromatic heterocycles. The summed E-state index contributed by atoms with van der Waals surface area (Å²) in [4.78, 5) is 4.47. The van der Waals surface area contributed by atoms with Crippen molar-refractivity contribution in [2.45, 2.75) is 0 Å². The molecule has 0 radical (unpaired) electrons. The molecule has 0 aliphatic carbocycles. The van der Waals surface area contributed by atoms with E-state index in [2.05, 4.69) is 26.2 Å². The van der Waals surface area contributed by atoms with Crippen LogP contribution in [0.2, 0.25) is 15.1 Å². The van der Waals surface area contributed by atoms with Gasteiger partial charge in [0.05, 0.1) is 25.9 Å². The van der Waals surface area contributed by atoms with Crippen molar-refractivity contribution >= 4 is 83.1 Å². The summed E-state index contributed by atoms with van der Waals surface area (Å²) in [5.74, 6) is 0. The van der Waals surface area contributed by atoms with E-state index in [9.17, 15) is 0 Å². The van der Waals surface area contributed by atoms with Crippen LogP contribution in [0.1, 0.15) is 0 Å². The topological polar surface area (TPSA) is 24.9 Å². The predicted octanol–water partition coefficient (Wildman–Crippen LogP) is 6.76. The number of aromatic nitrogens is 1. The molecule has 2 aromatic carbocycles. The highest BCUT2D eigenvalue weighted by molar-refractivity contribution is 9.10. The average Bonchev–Trinajstić information content (AvgIpc) is 2.75. The van der Waals surface area contributed by atoms with Crippen LogP contribution in [0.4, 0.5) is 10.8 Å². The molecule has 1 heterocycles. The summed E-state index contributed by atoms with van der Waals surface area (Å²) < 4.78 is 1.83. The molecule has 3 rings (SSSR count). The van der Waals surface area contributed by atoms with E-state index in [1.54, 1.807) is 12.1 Å². The third-order valence-electron chi connectivity index (χ3n) is 2.59. The second kappa shape index (κ2) is 5.70. The van der Waals surface area contributed by atoms with Gasteiger partial charge in [0.25, 0.3) is 0 Å². The fraction of sp³-hybridized carbons (Fsp3) is 0. The zero-order chi connectivity index (χ0) is 14.3. The highest BCUT2D eigenvalue weighted by atomic mass is 79.9. The van der Waals surface area contributed by atoms with Crippen LogP contribution in [-0.2, 0) is 0 Å².